The van der Waals surface area contributed by atoms with Crippen molar-refractivity contribution in [1.29, 1.82) is 0 Å². The van der Waals surface area contributed by atoms with E-state index in [2.05, 4.69) is 264 Å². The minimum absolute atomic E-state index is 1.10. The number of hydrogen-bond donors (Lipinski definition) is 0. The van der Waals surface area contributed by atoms with Crippen LogP contribution in [-0.4, -0.2) is 4.57 Å². The zero-order valence-corrected chi connectivity index (χ0v) is 35.1. The summed E-state index contributed by atoms with van der Waals surface area (Å²) in [4.78, 5) is 2.38. The highest BCUT2D eigenvalue weighted by Gasteiger charge is 2.18. The number of hydrogen-bond acceptors (Lipinski definition) is 1. The summed E-state index contributed by atoms with van der Waals surface area (Å²) in [6, 6.07) is 92.5. The van der Waals surface area contributed by atoms with Crippen LogP contribution in [0.5, 0.6) is 0 Å². The SMILES string of the molecule is c1ccc(-c2ccc(-c3ccc(-c4ccc(N(c5ccccc5)c5ccc(-c6ccc(-n7c8ccccc8c8cc9ccccc9cc87)cc6)c6ccccc56)cc4)cc3)cc2)cc1. The molecule has 0 aliphatic carbocycles. The number of nitrogens with zero attached hydrogens (tertiary/aromatic N) is 2. The fraction of sp³-hybridized carbons (Fsp3) is 0. The van der Waals surface area contributed by atoms with Gasteiger partial charge in [-0.2, -0.15) is 0 Å². The van der Waals surface area contributed by atoms with Crippen molar-refractivity contribution in [2.45, 2.75) is 0 Å². The Balaban J connectivity index is 0.872. The first-order valence-corrected chi connectivity index (χ1v) is 22.0. The molecule has 1 heterocycles. The second kappa shape index (κ2) is 15.8. The van der Waals surface area contributed by atoms with Crippen molar-refractivity contribution >= 4 is 60.4 Å². The van der Waals surface area contributed by atoms with Gasteiger partial charge >= 0.3 is 0 Å². The maximum Gasteiger partial charge on any atom is 0.0547 e. The van der Waals surface area contributed by atoms with E-state index in [1.165, 1.54) is 87.9 Å². The molecule has 0 spiro atoms. The minimum Gasteiger partial charge on any atom is -0.310 e. The molecule has 1 aromatic heterocycles. The van der Waals surface area contributed by atoms with Gasteiger partial charge in [-0.3, -0.25) is 0 Å². The van der Waals surface area contributed by atoms with Crippen molar-refractivity contribution in [3.8, 4) is 50.2 Å². The Labute approximate surface area is 373 Å². The molecule has 0 bridgehead atoms. The normalized spacial score (nSPS) is 11.4. The molecule has 300 valence electrons. The van der Waals surface area contributed by atoms with Gasteiger partial charge in [0.1, 0.15) is 0 Å². The van der Waals surface area contributed by atoms with Gasteiger partial charge in [0.05, 0.1) is 16.7 Å². The fourth-order valence-electron chi connectivity index (χ4n) is 9.60. The predicted molar refractivity (Wildman–Crippen MR) is 272 cm³/mol. The first-order chi connectivity index (χ1) is 31.7. The van der Waals surface area contributed by atoms with Gasteiger partial charge in [0.15, 0.2) is 0 Å². The molecule has 0 saturated carbocycles. The van der Waals surface area contributed by atoms with E-state index < -0.39 is 0 Å². The van der Waals surface area contributed by atoms with Crippen LogP contribution in [0.4, 0.5) is 17.1 Å². The van der Waals surface area contributed by atoms with E-state index in [0.29, 0.717) is 0 Å². The summed E-state index contributed by atoms with van der Waals surface area (Å²) in [6.07, 6.45) is 0. The molecule has 0 saturated heterocycles. The van der Waals surface area contributed by atoms with Crippen LogP contribution in [0.1, 0.15) is 0 Å². The number of rotatable bonds is 8. The predicted octanol–water partition coefficient (Wildman–Crippen LogP) is 17.2. The Kier molecular flexibility index (Phi) is 9.20. The molecule has 12 rings (SSSR count). The van der Waals surface area contributed by atoms with Gasteiger partial charge in [-0.1, -0.05) is 194 Å². The standard InChI is InChI=1S/C62H42N2/c1-3-13-43(14-4-1)44-23-25-45(26-24-44)46-27-29-47(30-28-46)48-31-35-53(36-32-48)63(52-17-5-2-6-18-52)61-40-39-55(56-19-9-10-20-57(56)61)49-33-37-54(38-34-49)64-60-22-12-11-21-58(60)59-41-50-15-7-8-16-51(50)42-62(59)64/h1-42H. The number of aromatic nitrogens is 1. The highest BCUT2D eigenvalue weighted by atomic mass is 15.1. The summed E-state index contributed by atoms with van der Waals surface area (Å²) in [5.74, 6) is 0. The molecule has 12 aromatic rings. The van der Waals surface area contributed by atoms with Gasteiger partial charge in [-0.25, -0.2) is 0 Å². The third-order valence-electron chi connectivity index (χ3n) is 12.8. The third-order valence-corrected chi connectivity index (χ3v) is 12.8. The average Bonchev–Trinajstić information content (AvgIpc) is 3.69. The fourth-order valence-corrected chi connectivity index (χ4v) is 9.60. The van der Waals surface area contributed by atoms with Crippen LogP contribution < -0.4 is 4.90 Å². The smallest absolute Gasteiger partial charge is 0.0547 e. The lowest BCUT2D eigenvalue weighted by molar-refractivity contribution is 1.18. The Hall–Kier alpha value is -8.46. The summed E-state index contributed by atoms with van der Waals surface area (Å²) in [6.45, 7) is 0. The third kappa shape index (κ3) is 6.61. The summed E-state index contributed by atoms with van der Waals surface area (Å²) in [5.41, 5.74) is 16.6. The van der Waals surface area contributed by atoms with Crippen LogP contribution in [0, 0.1) is 0 Å². The zero-order valence-electron chi connectivity index (χ0n) is 35.1. The molecule has 0 radical (unpaired) electrons. The number of fused-ring (bicyclic) bond motifs is 5. The molecule has 0 fully saturated rings. The number of anilines is 3. The summed E-state index contributed by atoms with van der Waals surface area (Å²) in [7, 11) is 0. The molecule has 0 aliphatic heterocycles. The summed E-state index contributed by atoms with van der Waals surface area (Å²) < 4.78 is 2.41. The van der Waals surface area contributed by atoms with Crippen LogP contribution in [0.15, 0.2) is 255 Å². The lowest BCUT2D eigenvalue weighted by atomic mass is 9.96. The molecule has 0 amide bonds. The molecule has 0 aliphatic rings. The molecular formula is C62H42N2. The van der Waals surface area contributed by atoms with Crippen LogP contribution in [-0.2, 0) is 0 Å². The maximum absolute atomic E-state index is 2.41. The van der Waals surface area contributed by atoms with E-state index in [1.807, 2.05) is 0 Å². The number of benzene rings is 11. The van der Waals surface area contributed by atoms with Crippen LogP contribution in [0.3, 0.4) is 0 Å². The maximum atomic E-state index is 2.41. The lowest BCUT2D eigenvalue weighted by Gasteiger charge is -2.27. The molecule has 0 unspecified atom stereocenters. The van der Waals surface area contributed by atoms with E-state index >= 15 is 0 Å². The van der Waals surface area contributed by atoms with E-state index in [9.17, 15) is 0 Å². The Morgan fingerprint density at radius 1 is 0.266 bits per heavy atom. The highest BCUT2D eigenvalue weighted by molar-refractivity contribution is 6.14. The minimum atomic E-state index is 1.10. The average molecular weight is 815 g/mol. The van der Waals surface area contributed by atoms with Crippen molar-refractivity contribution in [2.24, 2.45) is 0 Å². The van der Waals surface area contributed by atoms with Crippen molar-refractivity contribution in [2.75, 3.05) is 4.90 Å². The molecule has 11 aromatic carbocycles. The Morgan fingerprint density at radius 2 is 0.719 bits per heavy atom. The van der Waals surface area contributed by atoms with Crippen molar-refractivity contribution in [1.82, 2.24) is 4.57 Å². The molecule has 2 nitrogen and oxygen atoms in total. The van der Waals surface area contributed by atoms with Crippen LogP contribution >= 0.6 is 0 Å². The molecule has 64 heavy (non-hydrogen) atoms. The second-order valence-electron chi connectivity index (χ2n) is 16.5. The van der Waals surface area contributed by atoms with Crippen molar-refractivity contribution < 1.29 is 0 Å². The van der Waals surface area contributed by atoms with Gasteiger partial charge in [-0.15, -0.1) is 0 Å². The largest absolute Gasteiger partial charge is 0.310 e. The highest BCUT2D eigenvalue weighted by Crippen LogP contribution is 2.43. The zero-order chi connectivity index (χ0) is 42.4. The quantitative estimate of drug-likeness (QED) is 0.148. The van der Waals surface area contributed by atoms with Crippen LogP contribution in [0.25, 0.3) is 93.5 Å². The molecular weight excluding hydrogens is 773 g/mol. The first-order valence-electron chi connectivity index (χ1n) is 22.0. The van der Waals surface area contributed by atoms with Crippen molar-refractivity contribution in [3.63, 3.8) is 0 Å². The Bertz CT molecular complexity index is 3610. The van der Waals surface area contributed by atoms with Gasteiger partial charge in [-0.05, 0) is 121 Å². The van der Waals surface area contributed by atoms with E-state index in [1.54, 1.807) is 0 Å². The topological polar surface area (TPSA) is 8.17 Å². The van der Waals surface area contributed by atoms with E-state index in [0.717, 1.165) is 22.7 Å². The first kappa shape index (κ1) is 37.3. The number of para-hydroxylation sites is 2. The monoisotopic (exact) mass is 814 g/mol. The van der Waals surface area contributed by atoms with E-state index in [4.69, 9.17) is 0 Å². The molecule has 0 N–H and O–H groups in total. The summed E-state index contributed by atoms with van der Waals surface area (Å²) >= 11 is 0. The van der Waals surface area contributed by atoms with Gasteiger partial charge in [0.25, 0.3) is 0 Å². The van der Waals surface area contributed by atoms with E-state index in [-0.39, 0.29) is 0 Å². The van der Waals surface area contributed by atoms with Gasteiger partial charge < -0.3 is 9.47 Å². The van der Waals surface area contributed by atoms with Crippen molar-refractivity contribution in [3.05, 3.63) is 255 Å². The lowest BCUT2D eigenvalue weighted by Crippen LogP contribution is -2.10. The molecule has 0 atom stereocenters. The van der Waals surface area contributed by atoms with Gasteiger partial charge in [0, 0.05) is 33.2 Å². The van der Waals surface area contributed by atoms with Gasteiger partial charge in [0.2, 0.25) is 0 Å². The summed E-state index contributed by atoms with van der Waals surface area (Å²) in [5, 5.41) is 7.45. The second-order valence-corrected chi connectivity index (χ2v) is 16.5. The van der Waals surface area contributed by atoms with Crippen LogP contribution in [0.2, 0.25) is 0 Å². The molecule has 2 heteroatoms. The Morgan fingerprint density at radius 3 is 1.34 bits per heavy atom.